The van der Waals surface area contributed by atoms with E-state index in [4.69, 9.17) is 9.47 Å². The Morgan fingerprint density at radius 2 is 1.68 bits per heavy atom. The molecule has 0 radical (unpaired) electrons. The third-order valence-electron chi connectivity index (χ3n) is 4.81. The number of carbonyl (C=O) groups is 1. The highest BCUT2D eigenvalue weighted by molar-refractivity contribution is 5.85. The second kappa shape index (κ2) is 9.88. The molecule has 1 heterocycles. The molecule has 2 unspecified atom stereocenters. The summed E-state index contributed by atoms with van der Waals surface area (Å²) in [4.78, 5) is 12.4. The zero-order valence-electron chi connectivity index (χ0n) is 14.8. The van der Waals surface area contributed by atoms with Gasteiger partial charge in [0, 0.05) is 19.1 Å². The van der Waals surface area contributed by atoms with Crippen molar-refractivity contribution in [1.29, 1.82) is 0 Å². The highest BCUT2D eigenvalue weighted by Gasteiger charge is 2.33. The summed E-state index contributed by atoms with van der Waals surface area (Å²) in [6, 6.07) is 8.06. The van der Waals surface area contributed by atoms with Crippen molar-refractivity contribution in [2.24, 2.45) is 0 Å². The van der Waals surface area contributed by atoms with Crippen LogP contribution in [0.1, 0.15) is 45.4 Å². The number of halogens is 1. The van der Waals surface area contributed by atoms with Gasteiger partial charge in [-0.2, -0.15) is 0 Å². The minimum atomic E-state index is -0.599. The number of para-hydroxylation sites is 2. The molecule has 0 bridgehead atoms. The lowest BCUT2D eigenvalue weighted by molar-refractivity contribution is -0.133. The van der Waals surface area contributed by atoms with E-state index in [9.17, 15) is 4.79 Å². The van der Waals surface area contributed by atoms with Crippen LogP contribution in [0, 0.1) is 0 Å². The third-order valence-corrected chi connectivity index (χ3v) is 4.81. The van der Waals surface area contributed by atoms with Gasteiger partial charge < -0.3 is 20.1 Å². The Bertz CT molecular complexity index is 547. The van der Waals surface area contributed by atoms with Gasteiger partial charge in [-0.25, -0.2) is 0 Å². The molecule has 1 saturated carbocycles. The highest BCUT2D eigenvalue weighted by Crippen LogP contribution is 2.33. The van der Waals surface area contributed by atoms with Crippen LogP contribution in [0.15, 0.2) is 24.3 Å². The average Bonchev–Trinajstić information content (AvgIpc) is 2.86. The number of benzene rings is 1. The molecule has 2 aliphatic rings. The van der Waals surface area contributed by atoms with Crippen LogP contribution in [-0.2, 0) is 4.79 Å². The van der Waals surface area contributed by atoms with Crippen molar-refractivity contribution >= 4 is 18.3 Å². The van der Waals surface area contributed by atoms with Gasteiger partial charge in [-0.05, 0) is 31.9 Å². The molecule has 2 atom stereocenters. The van der Waals surface area contributed by atoms with Crippen LogP contribution in [-0.4, -0.2) is 37.2 Å². The Morgan fingerprint density at radius 1 is 1.04 bits per heavy atom. The van der Waals surface area contributed by atoms with Gasteiger partial charge in [0.2, 0.25) is 6.10 Å². The van der Waals surface area contributed by atoms with E-state index in [2.05, 4.69) is 10.6 Å². The molecule has 0 saturated heterocycles. The number of nitrogens with one attached hydrogen (secondary N) is 2. The summed E-state index contributed by atoms with van der Waals surface area (Å²) in [6.07, 6.45) is 6.94. The lowest BCUT2D eigenvalue weighted by Crippen LogP contribution is -2.50. The van der Waals surface area contributed by atoms with E-state index in [0.29, 0.717) is 24.1 Å². The van der Waals surface area contributed by atoms with Crippen LogP contribution in [0.4, 0.5) is 0 Å². The monoisotopic (exact) mass is 368 g/mol. The minimum absolute atomic E-state index is 0. The summed E-state index contributed by atoms with van der Waals surface area (Å²) in [6.45, 7) is 3.28. The molecular formula is C19H29ClN2O3. The molecule has 25 heavy (non-hydrogen) atoms. The molecule has 0 aromatic heterocycles. The zero-order valence-corrected chi connectivity index (χ0v) is 15.6. The second-order valence-corrected chi connectivity index (χ2v) is 6.74. The number of carbonyl (C=O) groups excluding carboxylic acids is 1. The van der Waals surface area contributed by atoms with Gasteiger partial charge in [0.15, 0.2) is 11.5 Å². The van der Waals surface area contributed by atoms with Crippen LogP contribution < -0.4 is 20.1 Å². The maximum absolute atomic E-state index is 12.4. The van der Waals surface area contributed by atoms with Crippen molar-refractivity contribution in [1.82, 2.24) is 10.6 Å². The lowest BCUT2D eigenvalue weighted by atomic mass is 10.1. The van der Waals surface area contributed by atoms with E-state index < -0.39 is 6.10 Å². The molecule has 6 heteroatoms. The van der Waals surface area contributed by atoms with Crippen molar-refractivity contribution < 1.29 is 14.3 Å². The molecule has 1 amide bonds. The SMILES string of the molecule is CC1Oc2ccccc2OC1C(=O)NCCNC1CCCCCC1.Cl. The number of hydrogen-bond acceptors (Lipinski definition) is 4. The fourth-order valence-corrected chi connectivity index (χ4v) is 3.45. The van der Waals surface area contributed by atoms with Gasteiger partial charge in [0.05, 0.1) is 0 Å². The van der Waals surface area contributed by atoms with E-state index >= 15 is 0 Å². The predicted molar refractivity (Wildman–Crippen MR) is 101 cm³/mol. The fourth-order valence-electron chi connectivity index (χ4n) is 3.45. The second-order valence-electron chi connectivity index (χ2n) is 6.74. The highest BCUT2D eigenvalue weighted by atomic mass is 35.5. The molecule has 1 aliphatic heterocycles. The first kappa shape index (κ1) is 19.9. The van der Waals surface area contributed by atoms with E-state index in [-0.39, 0.29) is 24.4 Å². The summed E-state index contributed by atoms with van der Waals surface area (Å²) < 4.78 is 11.6. The maximum atomic E-state index is 12.4. The van der Waals surface area contributed by atoms with Crippen LogP contribution in [0.25, 0.3) is 0 Å². The van der Waals surface area contributed by atoms with Gasteiger partial charge in [-0.1, -0.05) is 37.8 Å². The predicted octanol–water partition coefficient (Wildman–Crippen LogP) is 3.07. The average molecular weight is 369 g/mol. The maximum Gasteiger partial charge on any atom is 0.265 e. The largest absolute Gasteiger partial charge is 0.482 e. The van der Waals surface area contributed by atoms with Crippen molar-refractivity contribution in [3.63, 3.8) is 0 Å². The van der Waals surface area contributed by atoms with E-state index in [1.807, 2.05) is 31.2 Å². The molecule has 140 valence electrons. The van der Waals surface area contributed by atoms with Crippen LogP contribution in [0.3, 0.4) is 0 Å². The summed E-state index contributed by atoms with van der Waals surface area (Å²) in [5.41, 5.74) is 0. The van der Waals surface area contributed by atoms with Gasteiger partial charge in [-0.3, -0.25) is 4.79 Å². The smallest absolute Gasteiger partial charge is 0.265 e. The first-order chi connectivity index (χ1) is 11.7. The van der Waals surface area contributed by atoms with E-state index in [1.54, 1.807) is 0 Å². The summed E-state index contributed by atoms with van der Waals surface area (Å²) in [7, 11) is 0. The van der Waals surface area contributed by atoms with Crippen LogP contribution >= 0.6 is 12.4 Å². The number of rotatable bonds is 5. The van der Waals surface area contributed by atoms with Crippen molar-refractivity contribution in [2.75, 3.05) is 13.1 Å². The Kier molecular flexibility index (Phi) is 7.85. The molecule has 1 aromatic rings. The van der Waals surface area contributed by atoms with Crippen molar-refractivity contribution in [2.45, 2.75) is 63.7 Å². The van der Waals surface area contributed by atoms with Gasteiger partial charge in [0.25, 0.3) is 5.91 Å². The summed E-state index contributed by atoms with van der Waals surface area (Å²) in [5, 5.41) is 6.52. The molecule has 1 fully saturated rings. The Labute approximate surface area is 156 Å². The lowest BCUT2D eigenvalue weighted by Gasteiger charge is -2.31. The summed E-state index contributed by atoms with van der Waals surface area (Å²) in [5.74, 6) is 1.22. The van der Waals surface area contributed by atoms with Crippen LogP contribution in [0.2, 0.25) is 0 Å². The Hall–Kier alpha value is -1.46. The minimum Gasteiger partial charge on any atom is -0.482 e. The normalized spacial score (nSPS) is 23.2. The number of hydrogen-bond donors (Lipinski definition) is 2. The molecule has 2 N–H and O–H groups in total. The first-order valence-electron chi connectivity index (χ1n) is 9.17. The quantitative estimate of drug-likeness (QED) is 0.619. The molecule has 5 nitrogen and oxygen atoms in total. The molecular weight excluding hydrogens is 340 g/mol. The first-order valence-corrected chi connectivity index (χ1v) is 9.17. The van der Waals surface area contributed by atoms with Crippen molar-refractivity contribution in [3.05, 3.63) is 24.3 Å². The Morgan fingerprint density at radius 3 is 2.36 bits per heavy atom. The standard InChI is InChI=1S/C19H28N2O3.ClH/c1-14-18(24-17-11-7-6-10-16(17)23-14)19(22)21-13-12-20-15-8-4-2-3-5-9-15;/h6-7,10-11,14-15,18,20H,2-5,8-9,12-13H2,1H3,(H,21,22);1H. The van der Waals surface area contributed by atoms with Gasteiger partial charge >= 0.3 is 0 Å². The molecule has 3 rings (SSSR count). The third kappa shape index (κ3) is 5.51. The fraction of sp³-hybridized carbons (Fsp3) is 0.632. The van der Waals surface area contributed by atoms with Crippen molar-refractivity contribution in [3.8, 4) is 11.5 Å². The molecule has 1 aliphatic carbocycles. The summed E-state index contributed by atoms with van der Waals surface area (Å²) >= 11 is 0. The zero-order chi connectivity index (χ0) is 16.8. The van der Waals surface area contributed by atoms with E-state index in [1.165, 1.54) is 38.5 Å². The number of ether oxygens (including phenoxy) is 2. The topological polar surface area (TPSA) is 59.6 Å². The molecule has 1 aromatic carbocycles. The van der Waals surface area contributed by atoms with Crippen LogP contribution in [0.5, 0.6) is 11.5 Å². The number of amides is 1. The van der Waals surface area contributed by atoms with Gasteiger partial charge in [0.1, 0.15) is 6.10 Å². The number of fused-ring (bicyclic) bond motifs is 1. The Balaban J connectivity index is 0.00000225. The van der Waals surface area contributed by atoms with E-state index in [0.717, 1.165) is 6.54 Å². The molecule has 0 spiro atoms. The van der Waals surface area contributed by atoms with Gasteiger partial charge in [-0.15, -0.1) is 12.4 Å².